The average Bonchev–Trinajstić information content (AvgIpc) is 2.08. The third kappa shape index (κ3) is 4.00. The van der Waals surface area contributed by atoms with Crippen LogP contribution < -0.4 is 5.32 Å². The Morgan fingerprint density at radius 1 is 1.29 bits per heavy atom. The summed E-state index contributed by atoms with van der Waals surface area (Å²) in [7, 11) is 3.32. The summed E-state index contributed by atoms with van der Waals surface area (Å²) in [5.41, 5.74) is 0.663. The fraction of sp³-hybridized carbons (Fsp3) is 0.222. The minimum absolute atomic E-state index is 0. The number of anilines is 1. The number of carbonyl (C=O) groups excluding carboxylic acids is 1. The molecule has 1 aromatic rings. The Labute approximate surface area is 105 Å². The van der Waals surface area contributed by atoms with Crippen LogP contribution in [0, 0.1) is 0 Å². The number of aromatic hydroxyl groups is 1. The van der Waals surface area contributed by atoms with Crippen molar-refractivity contribution in [3.8, 4) is 5.75 Å². The summed E-state index contributed by atoms with van der Waals surface area (Å²) in [4.78, 5) is 12.6. The van der Waals surface area contributed by atoms with Crippen molar-refractivity contribution >= 4 is 41.3 Å². The molecule has 0 aliphatic heterocycles. The summed E-state index contributed by atoms with van der Waals surface area (Å²) in [6.07, 6.45) is 0. The number of phenolic OH excluding ortho intramolecular Hbond substituents is 1. The van der Waals surface area contributed by atoms with E-state index in [0.29, 0.717) is 5.69 Å². The monoisotopic (exact) mass is 204 g/mol. The molecule has 0 atom stereocenters. The Morgan fingerprint density at radius 3 is 2.21 bits per heavy atom. The molecular formula is C9H13N2NaO2. The van der Waals surface area contributed by atoms with Gasteiger partial charge in [-0.15, -0.1) is 0 Å². The fourth-order valence-electron chi connectivity index (χ4n) is 0.780. The van der Waals surface area contributed by atoms with Crippen LogP contribution in [0.3, 0.4) is 0 Å². The van der Waals surface area contributed by atoms with E-state index >= 15 is 0 Å². The number of nitrogens with zero attached hydrogens (tertiary/aromatic N) is 1. The average molecular weight is 204 g/mol. The first-order valence-electron chi connectivity index (χ1n) is 3.87. The zero-order chi connectivity index (χ0) is 9.84. The molecule has 4 nitrogen and oxygen atoms in total. The second-order valence-electron chi connectivity index (χ2n) is 2.87. The molecule has 0 spiro atoms. The SMILES string of the molecule is CN(C)C(=O)Nc1ccc(O)cc1.[NaH]. The molecule has 1 rings (SSSR count). The van der Waals surface area contributed by atoms with Gasteiger partial charge < -0.3 is 15.3 Å². The number of phenols is 1. The Morgan fingerprint density at radius 2 is 1.79 bits per heavy atom. The van der Waals surface area contributed by atoms with Gasteiger partial charge in [-0.3, -0.25) is 0 Å². The molecule has 0 bridgehead atoms. The van der Waals surface area contributed by atoms with Crippen LogP contribution in [-0.2, 0) is 0 Å². The van der Waals surface area contributed by atoms with Crippen molar-refractivity contribution in [2.75, 3.05) is 19.4 Å². The van der Waals surface area contributed by atoms with Crippen LogP contribution in [0.25, 0.3) is 0 Å². The number of carbonyl (C=O) groups is 1. The van der Waals surface area contributed by atoms with Gasteiger partial charge in [-0.1, -0.05) is 0 Å². The van der Waals surface area contributed by atoms with Crippen LogP contribution in [-0.4, -0.2) is 59.7 Å². The van der Waals surface area contributed by atoms with Crippen LogP contribution in [0.5, 0.6) is 5.75 Å². The quantitative estimate of drug-likeness (QED) is 0.526. The Kier molecular flexibility index (Phi) is 5.60. The van der Waals surface area contributed by atoms with E-state index in [1.165, 1.54) is 17.0 Å². The van der Waals surface area contributed by atoms with Gasteiger partial charge in [-0.25, -0.2) is 4.79 Å². The van der Waals surface area contributed by atoms with Crippen molar-refractivity contribution in [3.63, 3.8) is 0 Å². The topological polar surface area (TPSA) is 52.6 Å². The van der Waals surface area contributed by atoms with Crippen molar-refractivity contribution in [1.82, 2.24) is 4.90 Å². The van der Waals surface area contributed by atoms with Gasteiger partial charge in [-0.05, 0) is 24.3 Å². The van der Waals surface area contributed by atoms with E-state index in [0.717, 1.165) is 0 Å². The summed E-state index contributed by atoms with van der Waals surface area (Å²) in [6.45, 7) is 0. The van der Waals surface area contributed by atoms with Gasteiger partial charge in [-0.2, -0.15) is 0 Å². The molecule has 5 heteroatoms. The molecule has 0 aliphatic rings. The molecule has 0 heterocycles. The number of hydrogen-bond acceptors (Lipinski definition) is 2. The van der Waals surface area contributed by atoms with E-state index in [9.17, 15) is 4.79 Å². The number of amides is 2. The van der Waals surface area contributed by atoms with Gasteiger partial charge in [0.25, 0.3) is 0 Å². The summed E-state index contributed by atoms with van der Waals surface area (Å²) in [5.74, 6) is 0.183. The van der Waals surface area contributed by atoms with E-state index in [1.807, 2.05) is 0 Å². The molecule has 0 unspecified atom stereocenters. The first-order chi connectivity index (χ1) is 6.09. The summed E-state index contributed by atoms with van der Waals surface area (Å²) in [5, 5.41) is 11.6. The molecule has 0 saturated heterocycles. The van der Waals surface area contributed by atoms with Crippen molar-refractivity contribution in [3.05, 3.63) is 24.3 Å². The maximum absolute atomic E-state index is 11.1. The molecule has 0 radical (unpaired) electrons. The second-order valence-corrected chi connectivity index (χ2v) is 2.87. The molecular weight excluding hydrogens is 191 g/mol. The Balaban J connectivity index is 0.00000169. The summed E-state index contributed by atoms with van der Waals surface area (Å²) in [6, 6.07) is 6.12. The molecule has 72 valence electrons. The summed E-state index contributed by atoms with van der Waals surface area (Å²) >= 11 is 0. The van der Waals surface area contributed by atoms with E-state index in [-0.39, 0.29) is 41.3 Å². The van der Waals surface area contributed by atoms with Crippen molar-refractivity contribution < 1.29 is 9.90 Å². The van der Waals surface area contributed by atoms with E-state index < -0.39 is 0 Å². The first-order valence-corrected chi connectivity index (χ1v) is 3.87. The van der Waals surface area contributed by atoms with Gasteiger partial charge in [0.05, 0.1) is 0 Å². The number of hydrogen-bond donors (Lipinski definition) is 2. The van der Waals surface area contributed by atoms with Crippen LogP contribution >= 0.6 is 0 Å². The second kappa shape index (κ2) is 5.90. The normalized spacial score (nSPS) is 8.71. The molecule has 0 saturated carbocycles. The minimum atomic E-state index is -0.189. The fourth-order valence-corrected chi connectivity index (χ4v) is 0.780. The third-order valence-electron chi connectivity index (χ3n) is 1.52. The van der Waals surface area contributed by atoms with Gasteiger partial charge in [0, 0.05) is 19.8 Å². The first kappa shape index (κ1) is 13.3. The molecule has 1 aromatic carbocycles. The maximum atomic E-state index is 11.1. The Bertz CT molecular complexity index is 298. The van der Waals surface area contributed by atoms with Crippen LogP contribution in [0.15, 0.2) is 24.3 Å². The van der Waals surface area contributed by atoms with Crippen molar-refractivity contribution in [1.29, 1.82) is 0 Å². The number of nitrogens with one attached hydrogen (secondary N) is 1. The predicted molar refractivity (Wildman–Crippen MR) is 58.0 cm³/mol. The summed E-state index contributed by atoms with van der Waals surface area (Å²) < 4.78 is 0. The number of rotatable bonds is 1. The zero-order valence-corrected chi connectivity index (χ0v) is 7.61. The van der Waals surface area contributed by atoms with Crippen LogP contribution in [0.2, 0.25) is 0 Å². The number of benzene rings is 1. The predicted octanol–water partition coefficient (Wildman–Crippen LogP) is 0.837. The number of urea groups is 1. The third-order valence-corrected chi connectivity index (χ3v) is 1.52. The standard InChI is InChI=1S/C9H12N2O2.Na.H/c1-11(2)9(13)10-7-3-5-8(12)6-4-7;;/h3-6,12H,1-2H3,(H,10,13);;. The molecule has 0 aliphatic carbocycles. The molecule has 2 N–H and O–H groups in total. The van der Waals surface area contributed by atoms with Crippen LogP contribution in [0.1, 0.15) is 0 Å². The van der Waals surface area contributed by atoms with E-state index in [1.54, 1.807) is 26.2 Å². The van der Waals surface area contributed by atoms with E-state index in [2.05, 4.69) is 5.32 Å². The van der Waals surface area contributed by atoms with Gasteiger partial charge >= 0.3 is 35.6 Å². The van der Waals surface area contributed by atoms with Crippen molar-refractivity contribution in [2.24, 2.45) is 0 Å². The van der Waals surface area contributed by atoms with E-state index in [4.69, 9.17) is 5.11 Å². The molecule has 2 amide bonds. The molecule has 0 aromatic heterocycles. The van der Waals surface area contributed by atoms with Gasteiger partial charge in [0.1, 0.15) is 5.75 Å². The Hall–Kier alpha value is -0.710. The van der Waals surface area contributed by atoms with Crippen molar-refractivity contribution in [2.45, 2.75) is 0 Å². The zero-order valence-electron chi connectivity index (χ0n) is 7.61. The van der Waals surface area contributed by atoms with Crippen LogP contribution in [0.4, 0.5) is 10.5 Å². The van der Waals surface area contributed by atoms with Gasteiger partial charge in [0.15, 0.2) is 0 Å². The van der Waals surface area contributed by atoms with Gasteiger partial charge in [0.2, 0.25) is 0 Å². The molecule has 0 fully saturated rings. The molecule has 14 heavy (non-hydrogen) atoms.